The standard InChI is InChI=1S/C12H13NO3/c1-7(14)13-11-6-5-8-9(11)3-2-4-10(8)12(15)16/h2-4,11H,5-6H2,1H3,(H,13,14)(H,15,16)/t11-/m0/s1. The van der Waals surface area contributed by atoms with Crippen LogP contribution in [0.1, 0.15) is 40.9 Å². The van der Waals surface area contributed by atoms with Crippen LogP contribution >= 0.6 is 0 Å². The van der Waals surface area contributed by atoms with Gasteiger partial charge in [0.25, 0.3) is 0 Å². The first-order chi connectivity index (χ1) is 7.59. The summed E-state index contributed by atoms with van der Waals surface area (Å²) in [7, 11) is 0. The van der Waals surface area contributed by atoms with E-state index in [0.29, 0.717) is 12.0 Å². The van der Waals surface area contributed by atoms with E-state index in [1.54, 1.807) is 12.1 Å². The number of hydrogen-bond donors (Lipinski definition) is 2. The van der Waals surface area contributed by atoms with E-state index in [9.17, 15) is 9.59 Å². The number of carboxylic acids is 1. The third-order valence-corrected chi connectivity index (χ3v) is 2.88. The lowest BCUT2D eigenvalue weighted by atomic mass is 10.0. The number of benzene rings is 1. The van der Waals surface area contributed by atoms with Gasteiger partial charge in [0.1, 0.15) is 0 Å². The Labute approximate surface area is 93.3 Å². The van der Waals surface area contributed by atoms with Crippen molar-refractivity contribution < 1.29 is 14.7 Å². The number of carbonyl (C=O) groups is 2. The van der Waals surface area contributed by atoms with E-state index in [2.05, 4.69) is 5.32 Å². The molecule has 1 aliphatic rings. The smallest absolute Gasteiger partial charge is 0.335 e. The van der Waals surface area contributed by atoms with Crippen LogP contribution in [-0.4, -0.2) is 17.0 Å². The zero-order valence-corrected chi connectivity index (χ0v) is 8.99. The van der Waals surface area contributed by atoms with E-state index < -0.39 is 5.97 Å². The number of fused-ring (bicyclic) bond motifs is 1. The zero-order valence-electron chi connectivity index (χ0n) is 8.99. The first kappa shape index (κ1) is 10.7. The molecule has 1 aromatic carbocycles. The van der Waals surface area contributed by atoms with Crippen molar-refractivity contribution in [2.24, 2.45) is 0 Å². The van der Waals surface area contributed by atoms with Crippen molar-refractivity contribution in [2.45, 2.75) is 25.8 Å². The number of carbonyl (C=O) groups excluding carboxylic acids is 1. The van der Waals surface area contributed by atoms with Gasteiger partial charge in [-0.1, -0.05) is 12.1 Å². The van der Waals surface area contributed by atoms with E-state index in [1.165, 1.54) is 6.92 Å². The molecule has 0 bridgehead atoms. The van der Waals surface area contributed by atoms with Crippen LogP contribution in [0.5, 0.6) is 0 Å². The van der Waals surface area contributed by atoms with Crippen molar-refractivity contribution in [1.29, 1.82) is 0 Å². The quantitative estimate of drug-likeness (QED) is 0.792. The highest BCUT2D eigenvalue weighted by Gasteiger charge is 2.26. The monoisotopic (exact) mass is 219 g/mol. The molecule has 84 valence electrons. The van der Waals surface area contributed by atoms with Gasteiger partial charge in [0, 0.05) is 6.92 Å². The molecule has 2 N–H and O–H groups in total. The van der Waals surface area contributed by atoms with Gasteiger partial charge in [-0.2, -0.15) is 0 Å². The van der Waals surface area contributed by atoms with Crippen LogP contribution in [0.2, 0.25) is 0 Å². The molecule has 0 heterocycles. The molecule has 0 aliphatic heterocycles. The minimum absolute atomic E-state index is 0.0354. The maximum absolute atomic E-state index is 11.0. The molecule has 4 nitrogen and oxygen atoms in total. The van der Waals surface area contributed by atoms with Crippen LogP contribution in [0.25, 0.3) is 0 Å². The number of rotatable bonds is 2. The van der Waals surface area contributed by atoms with Crippen molar-refractivity contribution in [3.05, 3.63) is 34.9 Å². The van der Waals surface area contributed by atoms with Crippen LogP contribution in [0, 0.1) is 0 Å². The van der Waals surface area contributed by atoms with E-state index in [1.807, 2.05) is 6.07 Å². The molecular weight excluding hydrogens is 206 g/mol. The fourth-order valence-corrected chi connectivity index (χ4v) is 2.25. The van der Waals surface area contributed by atoms with Gasteiger partial charge in [0.05, 0.1) is 11.6 Å². The SMILES string of the molecule is CC(=O)N[C@H]1CCc2c(C(=O)O)cccc21. The minimum Gasteiger partial charge on any atom is -0.478 e. The average Bonchev–Trinajstić information content (AvgIpc) is 2.60. The van der Waals surface area contributed by atoms with Gasteiger partial charge in [0.2, 0.25) is 5.91 Å². The Morgan fingerprint density at radius 2 is 2.19 bits per heavy atom. The van der Waals surface area contributed by atoms with Crippen LogP contribution in [0.4, 0.5) is 0 Å². The fraction of sp³-hybridized carbons (Fsp3) is 0.333. The van der Waals surface area contributed by atoms with Crippen LogP contribution in [-0.2, 0) is 11.2 Å². The summed E-state index contributed by atoms with van der Waals surface area (Å²) in [6.45, 7) is 1.47. The molecule has 0 radical (unpaired) electrons. The molecular formula is C12H13NO3. The summed E-state index contributed by atoms with van der Waals surface area (Å²) in [5.74, 6) is -0.987. The lowest BCUT2D eigenvalue weighted by molar-refractivity contribution is -0.119. The van der Waals surface area contributed by atoms with Crippen LogP contribution in [0.3, 0.4) is 0 Å². The predicted octanol–water partition coefficient (Wildman–Crippen LogP) is 1.51. The topological polar surface area (TPSA) is 66.4 Å². The number of hydrogen-bond acceptors (Lipinski definition) is 2. The molecule has 4 heteroatoms. The molecule has 0 fully saturated rings. The normalized spacial score (nSPS) is 17.9. The predicted molar refractivity (Wildman–Crippen MR) is 58.3 cm³/mol. The van der Waals surface area contributed by atoms with Crippen molar-refractivity contribution in [1.82, 2.24) is 5.32 Å². The molecule has 0 unspecified atom stereocenters. The second-order valence-electron chi connectivity index (χ2n) is 3.97. The van der Waals surface area contributed by atoms with E-state index in [4.69, 9.17) is 5.11 Å². The van der Waals surface area contributed by atoms with Crippen LogP contribution in [0.15, 0.2) is 18.2 Å². The summed E-state index contributed by atoms with van der Waals surface area (Å²) in [5, 5.41) is 11.9. The van der Waals surface area contributed by atoms with Crippen molar-refractivity contribution >= 4 is 11.9 Å². The molecule has 0 aromatic heterocycles. The van der Waals surface area contributed by atoms with Crippen molar-refractivity contribution in [3.63, 3.8) is 0 Å². The average molecular weight is 219 g/mol. The Hall–Kier alpha value is -1.84. The highest BCUT2D eigenvalue weighted by atomic mass is 16.4. The molecule has 0 spiro atoms. The minimum atomic E-state index is -0.902. The number of carboxylic acid groups (broad SMARTS) is 1. The van der Waals surface area contributed by atoms with Crippen molar-refractivity contribution in [2.75, 3.05) is 0 Å². The first-order valence-corrected chi connectivity index (χ1v) is 5.22. The van der Waals surface area contributed by atoms with Crippen LogP contribution < -0.4 is 5.32 Å². The molecule has 1 aromatic rings. The third-order valence-electron chi connectivity index (χ3n) is 2.88. The second kappa shape index (κ2) is 3.96. The molecule has 0 saturated heterocycles. The Morgan fingerprint density at radius 3 is 2.81 bits per heavy atom. The second-order valence-corrected chi connectivity index (χ2v) is 3.97. The van der Waals surface area contributed by atoms with Crippen molar-refractivity contribution in [3.8, 4) is 0 Å². The van der Waals surface area contributed by atoms with Gasteiger partial charge in [0.15, 0.2) is 0 Å². The molecule has 2 rings (SSSR count). The summed E-state index contributed by atoms with van der Waals surface area (Å²) in [6, 6.07) is 5.18. The Morgan fingerprint density at radius 1 is 1.44 bits per heavy atom. The lowest BCUT2D eigenvalue weighted by Crippen LogP contribution is -2.24. The molecule has 1 amide bonds. The summed E-state index contributed by atoms with van der Waals surface area (Å²) < 4.78 is 0. The molecule has 16 heavy (non-hydrogen) atoms. The fourth-order valence-electron chi connectivity index (χ4n) is 2.25. The molecule has 1 atom stereocenters. The summed E-state index contributed by atoms with van der Waals surface area (Å²) >= 11 is 0. The Balaban J connectivity index is 2.37. The highest BCUT2D eigenvalue weighted by molar-refractivity contribution is 5.90. The van der Waals surface area contributed by atoms with E-state index in [0.717, 1.165) is 17.5 Å². The molecule has 0 saturated carbocycles. The van der Waals surface area contributed by atoms with Gasteiger partial charge in [-0.15, -0.1) is 0 Å². The van der Waals surface area contributed by atoms with Gasteiger partial charge in [-0.05, 0) is 30.0 Å². The third kappa shape index (κ3) is 1.78. The number of amides is 1. The number of nitrogens with one attached hydrogen (secondary N) is 1. The van der Waals surface area contributed by atoms with Gasteiger partial charge in [-0.25, -0.2) is 4.79 Å². The van der Waals surface area contributed by atoms with Gasteiger partial charge >= 0.3 is 5.97 Å². The Kier molecular flexibility index (Phi) is 2.64. The summed E-state index contributed by atoms with van der Waals surface area (Å²) in [4.78, 5) is 22.0. The Bertz CT molecular complexity index is 454. The lowest BCUT2D eigenvalue weighted by Gasteiger charge is -2.12. The van der Waals surface area contributed by atoms with E-state index in [-0.39, 0.29) is 11.9 Å². The maximum Gasteiger partial charge on any atom is 0.335 e. The van der Waals surface area contributed by atoms with E-state index >= 15 is 0 Å². The first-order valence-electron chi connectivity index (χ1n) is 5.22. The summed E-state index contributed by atoms with van der Waals surface area (Å²) in [6.07, 6.45) is 1.49. The highest BCUT2D eigenvalue weighted by Crippen LogP contribution is 2.33. The van der Waals surface area contributed by atoms with Gasteiger partial charge in [-0.3, -0.25) is 4.79 Å². The molecule has 1 aliphatic carbocycles. The van der Waals surface area contributed by atoms with Gasteiger partial charge < -0.3 is 10.4 Å². The summed E-state index contributed by atoms with van der Waals surface area (Å²) in [5.41, 5.74) is 2.15. The number of aromatic carboxylic acids is 1. The maximum atomic E-state index is 11.0. The largest absolute Gasteiger partial charge is 0.478 e. The zero-order chi connectivity index (χ0) is 11.7.